The second-order valence-corrected chi connectivity index (χ2v) is 6.79. The predicted octanol–water partition coefficient (Wildman–Crippen LogP) is 4.07. The number of benzene rings is 2. The summed E-state index contributed by atoms with van der Waals surface area (Å²) in [5, 5.41) is 2.94. The van der Waals surface area contributed by atoms with Gasteiger partial charge in [0.2, 0.25) is 0 Å². The lowest BCUT2D eigenvalue weighted by Gasteiger charge is -2.28. The number of hydrogen-bond acceptors (Lipinski definition) is 3. The summed E-state index contributed by atoms with van der Waals surface area (Å²) in [7, 11) is 0. The number of nitrogens with zero attached hydrogens (tertiary/aromatic N) is 1. The Kier molecular flexibility index (Phi) is 4.99. The highest BCUT2D eigenvalue weighted by molar-refractivity contribution is 9.10. The van der Waals surface area contributed by atoms with Crippen LogP contribution >= 0.6 is 39.7 Å². The van der Waals surface area contributed by atoms with Gasteiger partial charge in [0.15, 0.2) is 5.11 Å². The summed E-state index contributed by atoms with van der Waals surface area (Å²) >= 11 is 14.0. The molecule has 0 unspecified atom stereocenters. The molecular formula is C17H9BrClFN2O2S. The van der Waals surface area contributed by atoms with Crippen molar-refractivity contribution < 1.29 is 14.0 Å². The van der Waals surface area contributed by atoms with Gasteiger partial charge in [-0.05, 0) is 76.2 Å². The average Bonchev–Trinajstić information content (AvgIpc) is 2.56. The fourth-order valence-electron chi connectivity index (χ4n) is 2.25. The Labute approximate surface area is 161 Å². The van der Waals surface area contributed by atoms with E-state index in [4.69, 9.17) is 23.8 Å². The molecule has 2 amide bonds. The zero-order chi connectivity index (χ0) is 18.1. The smallest absolute Gasteiger partial charge is 0.270 e. The minimum Gasteiger partial charge on any atom is -0.298 e. The molecule has 126 valence electrons. The highest BCUT2D eigenvalue weighted by atomic mass is 79.9. The Bertz CT molecular complexity index is 931. The molecule has 0 saturated carbocycles. The van der Waals surface area contributed by atoms with Gasteiger partial charge in [-0.25, -0.2) is 4.39 Å². The van der Waals surface area contributed by atoms with Gasteiger partial charge in [-0.3, -0.25) is 19.8 Å². The summed E-state index contributed by atoms with van der Waals surface area (Å²) < 4.78 is 14.0. The van der Waals surface area contributed by atoms with Gasteiger partial charge < -0.3 is 0 Å². The third-order valence-corrected chi connectivity index (χ3v) is 4.62. The lowest BCUT2D eigenvalue weighted by atomic mass is 10.1. The molecule has 8 heteroatoms. The lowest BCUT2D eigenvalue weighted by molar-refractivity contribution is -0.122. The summed E-state index contributed by atoms with van der Waals surface area (Å²) in [4.78, 5) is 26.1. The second kappa shape index (κ2) is 7.03. The predicted molar refractivity (Wildman–Crippen MR) is 102 cm³/mol. The number of anilines is 1. The SMILES string of the molecule is O=C1NC(=S)N(c2ccc(Cl)cc2)C(=O)/C1=C/c1ccc(Br)c(F)c1. The molecule has 1 aliphatic rings. The van der Waals surface area contributed by atoms with E-state index in [9.17, 15) is 14.0 Å². The van der Waals surface area contributed by atoms with Crippen molar-refractivity contribution in [2.75, 3.05) is 4.90 Å². The van der Waals surface area contributed by atoms with Crippen LogP contribution < -0.4 is 10.2 Å². The lowest BCUT2D eigenvalue weighted by Crippen LogP contribution is -2.54. The van der Waals surface area contributed by atoms with E-state index in [0.717, 1.165) is 0 Å². The number of rotatable bonds is 2. The van der Waals surface area contributed by atoms with Gasteiger partial charge in [0.25, 0.3) is 11.8 Å². The molecule has 0 radical (unpaired) electrons. The van der Waals surface area contributed by atoms with Gasteiger partial charge >= 0.3 is 0 Å². The van der Waals surface area contributed by atoms with E-state index in [1.165, 1.54) is 23.1 Å². The number of amides is 2. The minimum absolute atomic E-state index is 0.0311. The van der Waals surface area contributed by atoms with Crippen LogP contribution in [0.2, 0.25) is 5.02 Å². The number of hydrogen-bond donors (Lipinski definition) is 1. The van der Waals surface area contributed by atoms with Crippen molar-refractivity contribution in [1.82, 2.24) is 5.32 Å². The zero-order valence-corrected chi connectivity index (χ0v) is 15.6. The second-order valence-electron chi connectivity index (χ2n) is 5.11. The van der Waals surface area contributed by atoms with Crippen LogP contribution in [-0.2, 0) is 9.59 Å². The molecule has 0 aliphatic carbocycles. The van der Waals surface area contributed by atoms with E-state index in [0.29, 0.717) is 16.3 Å². The van der Waals surface area contributed by atoms with Crippen LogP contribution in [0.4, 0.5) is 10.1 Å². The molecule has 4 nitrogen and oxygen atoms in total. The van der Waals surface area contributed by atoms with Gasteiger partial charge in [-0.2, -0.15) is 0 Å². The fraction of sp³-hybridized carbons (Fsp3) is 0. The molecule has 0 atom stereocenters. The Morgan fingerprint density at radius 2 is 1.84 bits per heavy atom. The van der Waals surface area contributed by atoms with Crippen LogP contribution in [0.3, 0.4) is 0 Å². The molecule has 25 heavy (non-hydrogen) atoms. The number of thiocarbonyl (C=S) groups is 1. The van der Waals surface area contributed by atoms with Crippen molar-refractivity contribution in [2.45, 2.75) is 0 Å². The highest BCUT2D eigenvalue weighted by Gasteiger charge is 2.34. The highest BCUT2D eigenvalue weighted by Crippen LogP contribution is 2.24. The quantitative estimate of drug-likeness (QED) is 0.436. The molecule has 0 aromatic heterocycles. The van der Waals surface area contributed by atoms with Gasteiger partial charge in [0.05, 0.1) is 10.2 Å². The van der Waals surface area contributed by atoms with Crippen molar-refractivity contribution >= 4 is 68.4 Å². The summed E-state index contributed by atoms with van der Waals surface area (Å²) in [5.74, 6) is -1.73. The first-order chi connectivity index (χ1) is 11.9. The van der Waals surface area contributed by atoms with Crippen LogP contribution in [0.1, 0.15) is 5.56 Å². The normalized spacial score (nSPS) is 16.4. The van der Waals surface area contributed by atoms with Gasteiger partial charge in [-0.15, -0.1) is 0 Å². The first-order valence-electron chi connectivity index (χ1n) is 6.99. The zero-order valence-electron chi connectivity index (χ0n) is 12.4. The van der Waals surface area contributed by atoms with Crippen molar-refractivity contribution in [3.8, 4) is 0 Å². The Balaban J connectivity index is 2.01. The monoisotopic (exact) mass is 438 g/mol. The summed E-state index contributed by atoms with van der Waals surface area (Å²) in [6.45, 7) is 0. The third kappa shape index (κ3) is 3.63. The summed E-state index contributed by atoms with van der Waals surface area (Å²) in [6, 6.07) is 10.7. The molecule has 1 fully saturated rings. The third-order valence-electron chi connectivity index (χ3n) is 3.44. The number of carbonyl (C=O) groups excluding carboxylic acids is 2. The van der Waals surface area contributed by atoms with Crippen molar-refractivity contribution in [3.05, 3.63) is 68.9 Å². The molecule has 0 bridgehead atoms. The van der Waals surface area contributed by atoms with E-state index < -0.39 is 17.6 Å². The molecule has 0 spiro atoms. The molecule has 1 saturated heterocycles. The maximum atomic E-state index is 13.7. The fourth-order valence-corrected chi connectivity index (χ4v) is 2.90. The van der Waals surface area contributed by atoms with Crippen molar-refractivity contribution in [3.63, 3.8) is 0 Å². The standard InChI is InChI=1S/C17H9BrClFN2O2S/c18-13-6-1-9(8-14(13)20)7-12-15(23)21-17(25)22(16(12)24)11-4-2-10(19)3-5-11/h1-8H,(H,21,23,25)/b12-7+. The van der Waals surface area contributed by atoms with Crippen LogP contribution in [0.5, 0.6) is 0 Å². The Hall–Kier alpha value is -2.09. The Morgan fingerprint density at radius 3 is 2.48 bits per heavy atom. The minimum atomic E-state index is -0.636. The largest absolute Gasteiger partial charge is 0.298 e. The van der Waals surface area contributed by atoms with Gasteiger partial charge in [-0.1, -0.05) is 17.7 Å². The van der Waals surface area contributed by atoms with Gasteiger partial charge in [0.1, 0.15) is 11.4 Å². The van der Waals surface area contributed by atoms with Crippen LogP contribution in [-0.4, -0.2) is 16.9 Å². The van der Waals surface area contributed by atoms with Crippen molar-refractivity contribution in [1.29, 1.82) is 0 Å². The topological polar surface area (TPSA) is 49.4 Å². The first-order valence-corrected chi connectivity index (χ1v) is 8.57. The van der Waals surface area contributed by atoms with E-state index in [1.54, 1.807) is 30.3 Å². The van der Waals surface area contributed by atoms with Crippen LogP contribution in [0, 0.1) is 5.82 Å². The van der Waals surface area contributed by atoms with Crippen LogP contribution in [0.25, 0.3) is 6.08 Å². The molecule has 1 aliphatic heterocycles. The first kappa shape index (κ1) is 17.7. The van der Waals surface area contributed by atoms with E-state index in [2.05, 4.69) is 21.2 Å². The van der Waals surface area contributed by atoms with Gasteiger partial charge in [0, 0.05) is 5.02 Å². The van der Waals surface area contributed by atoms with Crippen molar-refractivity contribution in [2.24, 2.45) is 0 Å². The molecule has 1 heterocycles. The van der Waals surface area contributed by atoms with E-state index in [1.807, 2.05) is 0 Å². The molecule has 2 aromatic rings. The molecule has 2 aromatic carbocycles. The summed E-state index contributed by atoms with van der Waals surface area (Å²) in [5.41, 5.74) is 0.695. The molecule has 3 rings (SSSR count). The molecular weight excluding hydrogens is 431 g/mol. The number of nitrogens with one attached hydrogen (secondary N) is 1. The summed E-state index contributed by atoms with van der Waals surface area (Å²) in [6.07, 6.45) is 1.32. The Morgan fingerprint density at radius 1 is 1.16 bits per heavy atom. The van der Waals surface area contributed by atoms with Crippen LogP contribution in [0.15, 0.2) is 52.5 Å². The number of halogens is 3. The average molecular weight is 440 g/mol. The van der Waals surface area contributed by atoms with E-state index >= 15 is 0 Å². The maximum Gasteiger partial charge on any atom is 0.270 e. The maximum absolute atomic E-state index is 13.7. The number of carbonyl (C=O) groups is 2. The molecule has 1 N–H and O–H groups in total. The van der Waals surface area contributed by atoms with E-state index in [-0.39, 0.29) is 15.2 Å².